The van der Waals surface area contributed by atoms with Crippen LogP contribution in [0.15, 0.2) is 106 Å². The van der Waals surface area contributed by atoms with Gasteiger partial charge < -0.3 is 9.72 Å². The predicted octanol–water partition coefficient (Wildman–Crippen LogP) is 8.31. The minimum Gasteiger partial charge on any atom is -0.392 e. The van der Waals surface area contributed by atoms with Crippen LogP contribution in [0.25, 0.3) is 22.0 Å². The van der Waals surface area contributed by atoms with Crippen molar-refractivity contribution >= 4 is 54.3 Å². The van der Waals surface area contributed by atoms with Gasteiger partial charge in [0.1, 0.15) is 0 Å². The maximum absolute atomic E-state index is 13.2. The molecule has 5 aromatic rings. The van der Waals surface area contributed by atoms with E-state index in [2.05, 4.69) is 51.7 Å². The molecular formula is C31H28BrN3O4S. The lowest BCUT2D eigenvalue weighted by atomic mass is 9.87. The zero-order chi connectivity index (χ0) is 28.5. The van der Waals surface area contributed by atoms with Gasteiger partial charge in [-0.15, -0.1) is 0 Å². The van der Waals surface area contributed by atoms with Crippen LogP contribution in [0.3, 0.4) is 0 Å². The minimum absolute atomic E-state index is 0.0855. The first-order chi connectivity index (χ1) is 19.0. The number of benzene rings is 4. The number of ether oxygens (including phenoxy) is 1. The molecule has 0 saturated carbocycles. The SMILES string of the molecule is CC(C)(C)c1ccc(S(=O)(=O)Nc2ccc3[nH]c(OC(=O)Nc4ccc(Br)cc4)c(-c4ccccc4)c3c2)cc1. The molecule has 0 bridgehead atoms. The normalized spacial score (nSPS) is 11.8. The highest BCUT2D eigenvalue weighted by molar-refractivity contribution is 9.10. The van der Waals surface area contributed by atoms with Crippen molar-refractivity contribution < 1.29 is 17.9 Å². The Morgan fingerprint density at radius 2 is 1.50 bits per heavy atom. The molecule has 5 rings (SSSR count). The van der Waals surface area contributed by atoms with Gasteiger partial charge >= 0.3 is 6.09 Å². The number of aromatic nitrogens is 1. The van der Waals surface area contributed by atoms with Crippen molar-refractivity contribution in [2.75, 3.05) is 10.0 Å². The van der Waals surface area contributed by atoms with E-state index in [0.717, 1.165) is 15.6 Å². The topological polar surface area (TPSA) is 100 Å². The number of carbonyl (C=O) groups excluding carboxylic acids is 1. The number of H-pyrrole nitrogens is 1. The maximum Gasteiger partial charge on any atom is 0.418 e. The molecule has 0 aliphatic rings. The summed E-state index contributed by atoms with van der Waals surface area (Å²) in [5.74, 6) is 0.244. The van der Waals surface area contributed by atoms with Crippen molar-refractivity contribution in [3.63, 3.8) is 0 Å². The van der Waals surface area contributed by atoms with Crippen LogP contribution in [0.5, 0.6) is 5.88 Å². The molecule has 9 heteroatoms. The highest BCUT2D eigenvalue weighted by Gasteiger charge is 2.21. The van der Waals surface area contributed by atoms with E-state index in [1.54, 1.807) is 42.5 Å². The molecule has 0 radical (unpaired) electrons. The summed E-state index contributed by atoms with van der Waals surface area (Å²) in [6.07, 6.45) is -0.661. The first-order valence-electron chi connectivity index (χ1n) is 12.6. The van der Waals surface area contributed by atoms with Gasteiger partial charge in [-0.2, -0.15) is 0 Å². The van der Waals surface area contributed by atoms with Crippen LogP contribution in [-0.4, -0.2) is 19.5 Å². The quantitative estimate of drug-likeness (QED) is 0.178. The number of sulfonamides is 1. The molecule has 3 N–H and O–H groups in total. The lowest BCUT2D eigenvalue weighted by Crippen LogP contribution is -2.17. The molecule has 0 spiro atoms. The molecule has 0 aliphatic carbocycles. The number of hydrogen-bond donors (Lipinski definition) is 3. The van der Waals surface area contributed by atoms with Crippen LogP contribution in [0, 0.1) is 0 Å². The molecule has 1 heterocycles. The molecular weight excluding hydrogens is 590 g/mol. The second-order valence-corrected chi connectivity index (χ2v) is 13.0. The van der Waals surface area contributed by atoms with Crippen molar-refractivity contribution in [1.29, 1.82) is 0 Å². The van der Waals surface area contributed by atoms with Crippen LogP contribution < -0.4 is 14.8 Å². The van der Waals surface area contributed by atoms with E-state index in [1.807, 2.05) is 54.6 Å². The predicted molar refractivity (Wildman–Crippen MR) is 163 cm³/mol. The maximum atomic E-state index is 13.2. The summed E-state index contributed by atoms with van der Waals surface area (Å²) in [5.41, 5.74) is 4.05. The number of amides is 1. The molecule has 1 aromatic heterocycles. The monoisotopic (exact) mass is 617 g/mol. The Kier molecular flexibility index (Phi) is 7.44. The van der Waals surface area contributed by atoms with E-state index in [4.69, 9.17) is 4.74 Å². The average molecular weight is 619 g/mol. The van der Waals surface area contributed by atoms with Gasteiger partial charge in [-0.3, -0.25) is 10.0 Å². The lowest BCUT2D eigenvalue weighted by molar-refractivity contribution is 0.214. The summed E-state index contributed by atoms with van der Waals surface area (Å²) in [7, 11) is -3.83. The van der Waals surface area contributed by atoms with E-state index in [0.29, 0.717) is 27.8 Å². The standard InChI is InChI=1S/C31H28BrN3O4S/c1-31(2,3)21-9-16-25(17-10-21)40(37,38)35-24-15-18-27-26(19-24)28(20-7-5-4-6-8-20)29(34-27)39-30(36)33-23-13-11-22(32)12-14-23/h4-19,34-35H,1-3H3,(H,33,36). The van der Waals surface area contributed by atoms with E-state index in [1.165, 1.54) is 0 Å². The number of anilines is 2. The fourth-order valence-electron chi connectivity index (χ4n) is 4.32. The zero-order valence-corrected chi connectivity index (χ0v) is 24.6. The molecule has 204 valence electrons. The Morgan fingerprint density at radius 3 is 2.15 bits per heavy atom. The van der Waals surface area contributed by atoms with Gasteiger partial charge in [-0.05, 0) is 71.1 Å². The lowest BCUT2D eigenvalue weighted by Gasteiger charge is -2.19. The van der Waals surface area contributed by atoms with Gasteiger partial charge in [0.15, 0.2) is 0 Å². The van der Waals surface area contributed by atoms with Crippen molar-refractivity contribution in [3.8, 4) is 17.0 Å². The molecule has 1 amide bonds. The summed E-state index contributed by atoms with van der Waals surface area (Å²) in [5, 5.41) is 3.42. The van der Waals surface area contributed by atoms with Crippen LogP contribution >= 0.6 is 15.9 Å². The second kappa shape index (κ2) is 10.8. The third kappa shape index (κ3) is 6.05. The first-order valence-corrected chi connectivity index (χ1v) is 14.9. The Bertz CT molecular complexity index is 1780. The number of carbonyl (C=O) groups is 1. The van der Waals surface area contributed by atoms with Crippen molar-refractivity contribution in [2.45, 2.75) is 31.1 Å². The van der Waals surface area contributed by atoms with Gasteiger partial charge in [0.2, 0.25) is 5.88 Å². The second-order valence-electron chi connectivity index (χ2n) is 10.4. The molecule has 0 saturated heterocycles. The summed E-state index contributed by atoms with van der Waals surface area (Å²) >= 11 is 3.38. The van der Waals surface area contributed by atoms with Gasteiger partial charge in [-0.1, -0.05) is 79.2 Å². The zero-order valence-electron chi connectivity index (χ0n) is 22.2. The van der Waals surface area contributed by atoms with Gasteiger partial charge in [0.25, 0.3) is 10.0 Å². The number of nitrogens with one attached hydrogen (secondary N) is 3. The third-order valence-corrected chi connectivity index (χ3v) is 8.32. The van der Waals surface area contributed by atoms with Gasteiger partial charge in [0, 0.05) is 26.8 Å². The third-order valence-electron chi connectivity index (χ3n) is 6.39. The number of halogens is 1. The molecule has 40 heavy (non-hydrogen) atoms. The summed E-state index contributed by atoms with van der Waals surface area (Å²) in [6, 6.07) is 28.6. The van der Waals surface area contributed by atoms with Gasteiger partial charge in [-0.25, -0.2) is 13.2 Å². The minimum atomic E-state index is -3.83. The Labute approximate surface area is 241 Å². The number of hydrogen-bond acceptors (Lipinski definition) is 4. The number of rotatable bonds is 6. The Morgan fingerprint density at radius 1 is 0.850 bits per heavy atom. The average Bonchev–Trinajstić information content (AvgIpc) is 3.26. The summed E-state index contributed by atoms with van der Waals surface area (Å²) in [6.45, 7) is 6.23. The fourth-order valence-corrected chi connectivity index (χ4v) is 5.63. The Hall–Kier alpha value is -4.08. The van der Waals surface area contributed by atoms with Crippen LogP contribution in [0.4, 0.5) is 16.2 Å². The smallest absolute Gasteiger partial charge is 0.392 e. The van der Waals surface area contributed by atoms with E-state index in [-0.39, 0.29) is 16.2 Å². The molecule has 7 nitrogen and oxygen atoms in total. The first kappa shape index (κ1) is 27.5. The largest absolute Gasteiger partial charge is 0.418 e. The van der Waals surface area contributed by atoms with Crippen molar-refractivity contribution in [3.05, 3.63) is 107 Å². The van der Waals surface area contributed by atoms with Crippen LogP contribution in [0.1, 0.15) is 26.3 Å². The number of aromatic amines is 1. The van der Waals surface area contributed by atoms with E-state index in [9.17, 15) is 13.2 Å². The highest BCUT2D eigenvalue weighted by Crippen LogP contribution is 2.39. The van der Waals surface area contributed by atoms with Crippen molar-refractivity contribution in [1.82, 2.24) is 4.98 Å². The Balaban J connectivity index is 1.47. The van der Waals surface area contributed by atoms with E-state index >= 15 is 0 Å². The van der Waals surface area contributed by atoms with Crippen molar-refractivity contribution in [2.24, 2.45) is 0 Å². The fraction of sp³-hybridized carbons (Fsp3) is 0.129. The van der Waals surface area contributed by atoms with Crippen LogP contribution in [-0.2, 0) is 15.4 Å². The molecule has 0 unspecified atom stereocenters. The van der Waals surface area contributed by atoms with E-state index < -0.39 is 16.1 Å². The summed E-state index contributed by atoms with van der Waals surface area (Å²) < 4.78 is 35.7. The molecule has 0 aliphatic heterocycles. The van der Waals surface area contributed by atoms with Gasteiger partial charge in [0.05, 0.1) is 10.5 Å². The molecule has 0 atom stereocenters. The summed E-state index contributed by atoms with van der Waals surface area (Å²) in [4.78, 5) is 16.1. The molecule has 0 fully saturated rings. The van der Waals surface area contributed by atoms with Crippen LogP contribution in [0.2, 0.25) is 0 Å². The highest BCUT2D eigenvalue weighted by atomic mass is 79.9. The molecule has 4 aromatic carbocycles. The number of fused-ring (bicyclic) bond motifs is 1.